The highest BCUT2D eigenvalue weighted by Gasteiger charge is 2.28. The molecular weight excluding hydrogens is 359 g/mol. The van der Waals surface area contributed by atoms with Gasteiger partial charge in [0.1, 0.15) is 5.75 Å². The molecule has 0 heterocycles. The van der Waals surface area contributed by atoms with E-state index in [1.165, 1.54) is 12.1 Å². The Morgan fingerprint density at radius 1 is 1.07 bits per heavy atom. The van der Waals surface area contributed by atoms with Crippen LogP contribution in [-0.4, -0.2) is 39.0 Å². The minimum absolute atomic E-state index is 0.108. The molecule has 0 bridgehead atoms. The molecule has 2 aromatic carbocycles. The van der Waals surface area contributed by atoms with Gasteiger partial charge in [-0.2, -0.15) is 13.2 Å². The van der Waals surface area contributed by atoms with Crippen molar-refractivity contribution in [2.45, 2.75) is 12.7 Å². The van der Waals surface area contributed by atoms with E-state index in [9.17, 15) is 18.0 Å². The van der Waals surface area contributed by atoms with E-state index >= 15 is 0 Å². The summed E-state index contributed by atoms with van der Waals surface area (Å²) in [5.41, 5.74) is 1.70. The highest BCUT2D eigenvalue weighted by atomic mass is 19.4. The lowest BCUT2D eigenvalue weighted by atomic mass is 10.2. The van der Waals surface area contributed by atoms with Crippen LogP contribution < -0.4 is 20.3 Å². The second-order valence-electron chi connectivity index (χ2n) is 5.92. The van der Waals surface area contributed by atoms with Crippen molar-refractivity contribution in [2.75, 3.05) is 31.6 Å². The summed E-state index contributed by atoms with van der Waals surface area (Å²) in [4.78, 5) is 13.9. The first-order valence-corrected chi connectivity index (χ1v) is 8.40. The van der Waals surface area contributed by atoms with Gasteiger partial charge in [0, 0.05) is 32.4 Å². The fraction of sp³-hybridized carbons (Fsp3) is 0.316. The Bertz CT molecular complexity index is 724. The molecule has 0 aromatic heterocycles. The van der Waals surface area contributed by atoms with Gasteiger partial charge in [-0.15, -0.1) is 0 Å². The lowest BCUT2D eigenvalue weighted by molar-refractivity contribution is -0.153. The van der Waals surface area contributed by atoms with Crippen molar-refractivity contribution >= 4 is 11.7 Å². The normalized spacial score (nSPS) is 11.0. The molecule has 0 aliphatic heterocycles. The van der Waals surface area contributed by atoms with Gasteiger partial charge in [-0.25, -0.2) is 4.79 Å². The predicted molar refractivity (Wildman–Crippen MR) is 97.9 cm³/mol. The van der Waals surface area contributed by atoms with Gasteiger partial charge in [0.05, 0.1) is 0 Å². The summed E-state index contributed by atoms with van der Waals surface area (Å²) in [5.74, 6) is 0.108. The third kappa shape index (κ3) is 7.89. The monoisotopic (exact) mass is 381 g/mol. The third-order valence-electron chi connectivity index (χ3n) is 3.68. The number of nitrogens with zero attached hydrogens (tertiary/aromatic N) is 1. The SMILES string of the molecule is CN(CCNC(=O)NCc1cccc(OCC(F)(F)F)c1)c1ccccc1. The molecule has 2 amide bonds. The van der Waals surface area contributed by atoms with E-state index < -0.39 is 12.8 Å². The minimum Gasteiger partial charge on any atom is -0.484 e. The Kier molecular flexibility index (Phi) is 7.34. The van der Waals surface area contributed by atoms with Crippen LogP contribution in [-0.2, 0) is 6.54 Å². The number of rotatable bonds is 8. The maximum Gasteiger partial charge on any atom is 0.422 e. The Morgan fingerprint density at radius 2 is 1.81 bits per heavy atom. The Morgan fingerprint density at radius 3 is 2.52 bits per heavy atom. The van der Waals surface area contributed by atoms with Crippen LogP contribution >= 0.6 is 0 Å². The van der Waals surface area contributed by atoms with E-state index in [1.54, 1.807) is 12.1 Å². The summed E-state index contributed by atoms with van der Waals surface area (Å²) in [6.45, 7) is -0.0764. The van der Waals surface area contributed by atoms with E-state index in [1.807, 2.05) is 42.3 Å². The van der Waals surface area contributed by atoms with Crippen molar-refractivity contribution in [2.24, 2.45) is 0 Å². The maximum absolute atomic E-state index is 12.2. The molecule has 2 rings (SSSR count). The largest absolute Gasteiger partial charge is 0.484 e. The van der Waals surface area contributed by atoms with Crippen molar-refractivity contribution in [3.8, 4) is 5.75 Å². The van der Waals surface area contributed by atoms with Gasteiger partial charge in [0.25, 0.3) is 0 Å². The minimum atomic E-state index is -4.39. The molecule has 27 heavy (non-hydrogen) atoms. The molecule has 0 aliphatic rings. The second-order valence-corrected chi connectivity index (χ2v) is 5.92. The second kappa shape index (κ2) is 9.70. The number of benzene rings is 2. The first-order chi connectivity index (χ1) is 12.8. The number of hydrogen-bond donors (Lipinski definition) is 2. The zero-order valence-electron chi connectivity index (χ0n) is 14.9. The van der Waals surface area contributed by atoms with Gasteiger partial charge >= 0.3 is 12.2 Å². The number of alkyl halides is 3. The standard InChI is InChI=1S/C19H22F3N3O2/c1-25(16-7-3-2-4-8-16)11-10-23-18(26)24-13-15-6-5-9-17(12-15)27-14-19(20,21)22/h2-9,12H,10-11,13-14H2,1H3,(H2,23,24,26). The highest BCUT2D eigenvalue weighted by Crippen LogP contribution is 2.19. The average molecular weight is 381 g/mol. The number of urea groups is 1. The number of carbonyl (C=O) groups excluding carboxylic acids is 1. The number of likely N-dealkylation sites (N-methyl/N-ethyl adjacent to an activating group) is 1. The quantitative estimate of drug-likeness (QED) is 0.735. The summed E-state index contributed by atoms with van der Waals surface area (Å²) in [6.07, 6.45) is -4.39. The number of para-hydroxylation sites is 1. The highest BCUT2D eigenvalue weighted by molar-refractivity contribution is 5.73. The van der Waals surface area contributed by atoms with Crippen LogP contribution in [0.2, 0.25) is 0 Å². The number of carbonyl (C=O) groups is 1. The van der Waals surface area contributed by atoms with Crippen molar-refractivity contribution in [3.63, 3.8) is 0 Å². The van der Waals surface area contributed by atoms with E-state index in [0.29, 0.717) is 18.7 Å². The van der Waals surface area contributed by atoms with E-state index in [-0.39, 0.29) is 18.3 Å². The van der Waals surface area contributed by atoms with Crippen LogP contribution in [0.1, 0.15) is 5.56 Å². The maximum atomic E-state index is 12.2. The Balaban J connectivity index is 1.71. The number of hydrogen-bond acceptors (Lipinski definition) is 3. The number of amides is 2. The molecule has 0 fully saturated rings. The molecule has 146 valence electrons. The van der Waals surface area contributed by atoms with Gasteiger partial charge in [0.2, 0.25) is 0 Å². The number of anilines is 1. The third-order valence-corrected chi connectivity index (χ3v) is 3.68. The molecule has 2 N–H and O–H groups in total. The summed E-state index contributed by atoms with van der Waals surface area (Å²) >= 11 is 0. The van der Waals surface area contributed by atoms with Crippen LogP contribution in [0.15, 0.2) is 54.6 Å². The number of ether oxygens (including phenoxy) is 1. The van der Waals surface area contributed by atoms with Gasteiger partial charge in [0.15, 0.2) is 6.61 Å². The molecule has 8 heteroatoms. The van der Waals surface area contributed by atoms with E-state index in [2.05, 4.69) is 10.6 Å². The van der Waals surface area contributed by atoms with Gasteiger partial charge < -0.3 is 20.3 Å². The summed E-state index contributed by atoms with van der Waals surface area (Å²) in [5, 5.41) is 5.41. The molecule has 0 atom stereocenters. The van der Waals surface area contributed by atoms with Gasteiger partial charge in [-0.1, -0.05) is 30.3 Å². The smallest absolute Gasteiger partial charge is 0.422 e. The molecule has 0 saturated heterocycles. The van der Waals surface area contributed by atoms with Gasteiger partial charge in [-0.05, 0) is 29.8 Å². The van der Waals surface area contributed by atoms with E-state index in [0.717, 1.165) is 5.69 Å². The van der Waals surface area contributed by atoms with E-state index in [4.69, 9.17) is 4.74 Å². The van der Waals surface area contributed by atoms with Crippen molar-refractivity contribution < 1.29 is 22.7 Å². The summed E-state index contributed by atoms with van der Waals surface area (Å²) < 4.78 is 41.2. The Labute approximate surface area is 156 Å². The molecule has 2 aromatic rings. The molecule has 0 radical (unpaired) electrons. The molecule has 5 nitrogen and oxygen atoms in total. The van der Waals surface area contributed by atoms with Crippen LogP contribution in [0.3, 0.4) is 0 Å². The fourth-order valence-corrected chi connectivity index (χ4v) is 2.30. The molecule has 0 aliphatic carbocycles. The zero-order valence-corrected chi connectivity index (χ0v) is 14.9. The van der Waals surface area contributed by atoms with Crippen molar-refractivity contribution in [1.29, 1.82) is 0 Å². The fourth-order valence-electron chi connectivity index (χ4n) is 2.30. The van der Waals surface area contributed by atoms with Crippen molar-refractivity contribution in [3.05, 3.63) is 60.2 Å². The molecular formula is C19H22F3N3O2. The lowest BCUT2D eigenvalue weighted by Crippen LogP contribution is -2.39. The summed E-state index contributed by atoms with van der Waals surface area (Å²) in [7, 11) is 1.93. The average Bonchev–Trinajstić information content (AvgIpc) is 2.65. The predicted octanol–water partition coefficient (Wildman–Crippen LogP) is 3.56. The van der Waals surface area contributed by atoms with Crippen LogP contribution in [0.5, 0.6) is 5.75 Å². The lowest BCUT2D eigenvalue weighted by Gasteiger charge is -2.19. The number of halogens is 3. The zero-order chi connectivity index (χ0) is 19.7. The Hall–Kier alpha value is -2.90. The summed E-state index contributed by atoms with van der Waals surface area (Å²) in [6, 6.07) is 15.6. The van der Waals surface area contributed by atoms with Crippen LogP contribution in [0, 0.1) is 0 Å². The van der Waals surface area contributed by atoms with Crippen LogP contribution in [0.25, 0.3) is 0 Å². The van der Waals surface area contributed by atoms with Crippen LogP contribution in [0.4, 0.5) is 23.7 Å². The molecule has 0 spiro atoms. The first-order valence-electron chi connectivity index (χ1n) is 8.40. The number of nitrogens with one attached hydrogen (secondary N) is 2. The van der Waals surface area contributed by atoms with Gasteiger partial charge in [-0.3, -0.25) is 0 Å². The first kappa shape index (κ1) is 20.4. The molecule has 0 unspecified atom stereocenters. The molecule has 0 saturated carbocycles. The topological polar surface area (TPSA) is 53.6 Å². The van der Waals surface area contributed by atoms with Crippen molar-refractivity contribution in [1.82, 2.24) is 10.6 Å².